The first-order chi connectivity index (χ1) is 12.7. The second-order valence-electron chi connectivity index (χ2n) is 5.42. The summed E-state index contributed by atoms with van der Waals surface area (Å²) in [5.41, 5.74) is 6.24. The minimum atomic E-state index is -4.07. The lowest BCUT2D eigenvalue weighted by Gasteiger charge is -2.13. The lowest BCUT2D eigenvalue weighted by atomic mass is 10.1. The Morgan fingerprint density at radius 1 is 1.26 bits per heavy atom. The van der Waals surface area contributed by atoms with E-state index in [1.807, 2.05) is 29.5 Å². The van der Waals surface area contributed by atoms with Gasteiger partial charge in [-0.15, -0.1) is 0 Å². The van der Waals surface area contributed by atoms with Crippen LogP contribution in [-0.4, -0.2) is 21.4 Å². The summed E-state index contributed by atoms with van der Waals surface area (Å²) in [7, 11) is -2.72. The molecule has 0 aromatic heterocycles. The molecule has 0 atom stereocenters. The summed E-state index contributed by atoms with van der Waals surface area (Å²) in [5, 5.41) is 8.95. The molecule has 1 amide bonds. The molecule has 2 N–H and O–H groups in total. The molecule has 2 rings (SSSR count). The van der Waals surface area contributed by atoms with Crippen LogP contribution in [0.3, 0.4) is 0 Å². The van der Waals surface area contributed by atoms with Gasteiger partial charge in [-0.2, -0.15) is 13.7 Å². The summed E-state index contributed by atoms with van der Waals surface area (Å²) in [6.45, 7) is 1.84. The van der Waals surface area contributed by atoms with Gasteiger partial charge in [0.05, 0.1) is 10.7 Å². The van der Waals surface area contributed by atoms with Crippen LogP contribution in [0.5, 0.6) is 11.5 Å². The Morgan fingerprint density at radius 2 is 1.89 bits per heavy atom. The van der Waals surface area contributed by atoms with Crippen molar-refractivity contribution in [3.63, 3.8) is 0 Å². The summed E-state index contributed by atoms with van der Waals surface area (Å²) < 4.78 is 36.0. The van der Waals surface area contributed by atoms with Gasteiger partial charge >= 0.3 is 10.1 Å². The Balaban J connectivity index is 2.48. The molecule has 0 spiro atoms. The first-order valence-electron chi connectivity index (χ1n) is 7.48. The van der Waals surface area contributed by atoms with Crippen molar-refractivity contribution in [1.82, 2.24) is 0 Å². The average Bonchev–Trinajstić information content (AvgIpc) is 2.61. The third-order valence-corrected chi connectivity index (χ3v) is 5.49. The third kappa shape index (κ3) is 4.99. The molecule has 0 fully saturated rings. The number of ether oxygens (including phenoxy) is 1. The van der Waals surface area contributed by atoms with Crippen molar-refractivity contribution in [2.24, 2.45) is 5.73 Å². The van der Waals surface area contributed by atoms with E-state index in [0.29, 0.717) is 9.13 Å². The summed E-state index contributed by atoms with van der Waals surface area (Å²) in [6, 6.07) is 10.9. The van der Waals surface area contributed by atoms with Crippen LogP contribution in [0.2, 0.25) is 0 Å². The summed E-state index contributed by atoms with van der Waals surface area (Å²) >= 11 is 1.88. The number of aryl methyl sites for hydroxylation is 1. The number of primary amides is 1. The molecular weight excluding hydrogens is 483 g/mol. The Kier molecular flexibility index (Phi) is 6.45. The first-order valence-corrected chi connectivity index (χ1v) is 9.97. The van der Waals surface area contributed by atoms with Crippen molar-refractivity contribution in [2.45, 2.75) is 11.8 Å². The first kappa shape index (κ1) is 20.7. The fourth-order valence-electron chi connectivity index (χ4n) is 2.09. The molecule has 0 aliphatic rings. The highest BCUT2D eigenvalue weighted by Gasteiger charge is 2.22. The van der Waals surface area contributed by atoms with Crippen molar-refractivity contribution in [3.8, 4) is 17.6 Å². The van der Waals surface area contributed by atoms with Crippen LogP contribution in [0, 0.1) is 21.8 Å². The number of nitrogens with zero attached hydrogens (tertiary/aromatic N) is 1. The van der Waals surface area contributed by atoms with Crippen molar-refractivity contribution in [1.29, 1.82) is 5.26 Å². The molecule has 0 saturated carbocycles. The van der Waals surface area contributed by atoms with E-state index in [1.54, 1.807) is 24.3 Å². The minimum absolute atomic E-state index is 0.00778. The fourth-order valence-corrected chi connectivity index (χ4v) is 3.93. The van der Waals surface area contributed by atoms with Gasteiger partial charge in [0.1, 0.15) is 16.5 Å². The van der Waals surface area contributed by atoms with Gasteiger partial charge in [-0.25, -0.2) is 0 Å². The maximum Gasteiger partial charge on any atom is 0.339 e. The van der Waals surface area contributed by atoms with Crippen LogP contribution in [0.25, 0.3) is 6.08 Å². The zero-order chi connectivity index (χ0) is 20.2. The van der Waals surface area contributed by atoms with Gasteiger partial charge in [0, 0.05) is 0 Å². The largest absolute Gasteiger partial charge is 0.493 e. The molecule has 0 heterocycles. The van der Waals surface area contributed by atoms with Crippen molar-refractivity contribution in [3.05, 3.63) is 56.7 Å². The Labute approximate surface area is 170 Å². The Bertz CT molecular complexity index is 1050. The van der Waals surface area contributed by atoms with Gasteiger partial charge in [-0.1, -0.05) is 17.7 Å². The van der Waals surface area contributed by atoms with E-state index in [1.165, 1.54) is 31.4 Å². The van der Waals surface area contributed by atoms with Crippen LogP contribution < -0.4 is 14.7 Å². The smallest absolute Gasteiger partial charge is 0.339 e. The monoisotopic (exact) mass is 498 g/mol. The van der Waals surface area contributed by atoms with E-state index in [9.17, 15) is 13.2 Å². The molecule has 7 nitrogen and oxygen atoms in total. The molecule has 0 saturated heterocycles. The van der Waals surface area contributed by atoms with Crippen LogP contribution in [0.4, 0.5) is 0 Å². The van der Waals surface area contributed by atoms with E-state index in [-0.39, 0.29) is 22.0 Å². The van der Waals surface area contributed by atoms with Crippen LogP contribution in [0.15, 0.2) is 46.9 Å². The second kappa shape index (κ2) is 8.41. The van der Waals surface area contributed by atoms with Crippen molar-refractivity contribution in [2.75, 3.05) is 7.11 Å². The second-order valence-corrected chi connectivity index (χ2v) is 8.13. The number of halogens is 1. The highest BCUT2D eigenvalue weighted by atomic mass is 127. The third-order valence-electron chi connectivity index (χ3n) is 3.45. The molecule has 0 radical (unpaired) electrons. The van der Waals surface area contributed by atoms with Gasteiger partial charge in [0.2, 0.25) is 0 Å². The summed E-state index contributed by atoms with van der Waals surface area (Å²) in [4.78, 5) is 11.2. The van der Waals surface area contributed by atoms with Gasteiger partial charge in [-0.3, -0.25) is 4.79 Å². The molecular formula is C18H15IN2O5S. The van der Waals surface area contributed by atoms with E-state index in [4.69, 9.17) is 19.9 Å². The SMILES string of the molecule is COc1cc(/C=C(/C#N)C(N)=O)cc(I)c1OS(=O)(=O)c1ccc(C)cc1. The number of benzene rings is 2. The molecule has 9 heteroatoms. The van der Waals surface area contributed by atoms with Crippen molar-refractivity contribution < 1.29 is 22.1 Å². The molecule has 2 aromatic rings. The standard InChI is InChI=1S/C18H15IN2O5S/c1-11-3-5-14(6-4-11)27(23,24)26-17-15(19)8-12(9-16(17)25-2)7-13(10-20)18(21)22/h3-9H,1-2H3,(H2,21,22)/b13-7-. The number of carbonyl (C=O) groups excluding carboxylic acids is 1. The molecule has 0 unspecified atom stereocenters. The summed E-state index contributed by atoms with van der Waals surface area (Å²) in [6.07, 6.45) is 1.28. The van der Waals surface area contributed by atoms with E-state index in [0.717, 1.165) is 5.56 Å². The zero-order valence-electron chi connectivity index (χ0n) is 14.4. The average molecular weight is 498 g/mol. The van der Waals surface area contributed by atoms with E-state index < -0.39 is 16.0 Å². The maximum atomic E-state index is 12.5. The fraction of sp³-hybridized carbons (Fsp3) is 0.111. The zero-order valence-corrected chi connectivity index (χ0v) is 17.4. The van der Waals surface area contributed by atoms with Crippen LogP contribution in [0.1, 0.15) is 11.1 Å². The Morgan fingerprint density at radius 3 is 2.41 bits per heavy atom. The number of hydrogen-bond donors (Lipinski definition) is 1. The topological polar surface area (TPSA) is 119 Å². The van der Waals surface area contributed by atoms with E-state index >= 15 is 0 Å². The number of hydrogen-bond acceptors (Lipinski definition) is 6. The predicted octanol–water partition coefficient (Wildman–Crippen LogP) is 2.77. The molecule has 2 aromatic carbocycles. The molecule has 0 bridgehead atoms. The Hall–Kier alpha value is -2.58. The normalized spacial score (nSPS) is 11.6. The van der Waals surface area contributed by atoms with Gasteiger partial charge in [0.25, 0.3) is 5.91 Å². The number of amides is 1. The number of rotatable bonds is 6. The molecule has 140 valence electrons. The predicted molar refractivity (Wildman–Crippen MR) is 107 cm³/mol. The van der Waals surface area contributed by atoms with Gasteiger partial charge in [-0.05, 0) is 65.4 Å². The molecule has 0 aliphatic heterocycles. The lowest BCUT2D eigenvalue weighted by molar-refractivity contribution is -0.114. The molecule has 0 aliphatic carbocycles. The van der Waals surface area contributed by atoms with Crippen LogP contribution in [-0.2, 0) is 14.9 Å². The van der Waals surface area contributed by atoms with E-state index in [2.05, 4.69) is 0 Å². The highest BCUT2D eigenvalue weighted by molar-refractivity contribution is 14.1. The quantitative estimate of drug-likeness (QED) is 0.283. The number of nitrogens with two attached hydrogens (primary N) is 1. The molecule has 27 heavy (non-hydrogen) atoms. The highest BCUT2D eigenvalue weighted by Crippen LogP contribution is 2.36. The number of methoxy groups -OCH3 is 1. The number of carbonyl (C=O) groups is 1. The van der Waals surface area contributed by atoms with Crippen LogP contribution >= 0.6 is 22.6 Å². The lowest BCUT2D eigenvalue weighted by Crippen LogP contribution is -2.13. The minimum Gasteiger partial charge on any atom is -0.493 e. The number of nitriles is 1. The maximum absolute atomic E-state index is 12.5. The van der Waals surface area contributed by atoms with Crippen molar-refractivity contribution >= 4 is 44.7 Å². The summed E-state index contributed by atoms with van der Waals surface area (Å²) in [5.74, 6) is -0.729. The van der Waals surface area contributed by atoms with Gasteiger partial charge < -0.3 is 14.7 Å². The van der Waals surface area contributed by atoms with Gasteiger partial charge in [0.15, 0.2) is 11.5 Å².